The Morgan fingerprint density at radius 1 is 1.20 bits per heavy atom. The lowest BCUT2D eigenvalue weighted by atomic mass is 10.2. The standard InChI is InChI=1S/C12H19NO2/c1-12(2,3)15-11-7-6-9(14)8-10(11)13(4)5/h6-8,14H,1-5H3. The number of ether oxygens (including phenoxy) is 1. The highest BCUT2D eigenvalue weighted by atomic mass is 16.5. The molecule has 0 amide bonds. The number of aromatic hydroxyl groups is 1. The van der Waals surface area contributed by atoms with E-state index in [1.807, 2.05) is 39.8 Å². The van der Waals surface area contributed by atoms with Crippen LogP contribution in [0.1, 0.15) is 20.8 Å². The number of anilines is 1. The van der Waals surface area contributed by atoms with Crippen LogP contribution < -0.4 is 9.64 Å². The zero-order valence-corrected chi connectivity index (χ0v) is 10.0. The first-order valence-corrected chi connectivity index (χ1v) is 4.99. The van der Waals surface area contributed by atoms with E-state index in [0.717, 1.165) is 11.4 Å². The smallest absolute Gasteiger partial charge is 0.143 e. The fourth-order valence-electron chi connectivity index (χ4n) is 1.27. The van der Waals surface area contributed by atoms with Crippen LogP contribution in [0.4, 0.5) is 5.69 Å². The Labute approximate surface area is 91.3 Å². The molecule has 0 saturated heterocycles. The van der Waals surface area contributed by atoms with Gasteiger partial charge in [0.05, 0.1) is 5.69 Å². The number of benzene rings is 1. The van der Waals surface area contributed by atoms with Crippen LogP contribution in [0.25, 0.3) is 0 Å². The van der Waals surface area contributed by atoms with Crippen LogP contribution in [0.15, 0.2) is 18.2 Å². The Morgan fingerprint density at radius 2 is 1.80 bits per heavy atom. The normalized spacial score (nSPS) is 11.3. The van der Waals surface area contributed by atoms with Crippen molar-refractivity contribution in [3.05, 3.63) is 18.2 Å². The molecule has 1 rings (SSSR count). The van der Waals surface area contributed by atoms with E-state index < -0.39 is 0 Å². The minimum Gasteiger partial charge on any atom is -0.508 e. The van der Waals surface area contributed by atoms with Gasteiger partial charge in [0.1, 0.15) is 17.1 Å². The fraction of sp³-hybridized carbons (Fsp3) is 0.500. The molecule has 84 valence electrons. The summed E-state index contributed by atoms with van der Waals surface area (Å²) in [7, 11) is 3.84. The molecule has 3 heteroatoms. The third-order valence-electron chi connectivity index (χ3n) is 1.84. The molecule has 0 heterocycles. The van der Waals surface area contributed by atoms with Gasteiger partial charge in [-0.15, -0.1) is 0 Å². The first-order chi connectivity index (χ1) is 6.79. The average Bonchev–Trinajstić information content (AvgIpc) is 2.05. The number of phenols is 1. The van der Waals surface area contributed by atoms with Crippen LogP contribution in [-0.2, 0) is 0 Å². The van der Waals surface area contributed by atoms with Crippen LogP contribution in [0.2, 0.25) is 0 Å². The Bertz CT molecular complexity index is 340. The Balaban J connectivity index is 3.06. The van der Waals surface area contributed by atoms with Crippen molar-refractivity contribution in [1.29, 1.82) is 0 Å². The van der Waals surface area contributed by atoms with Gasteiger partial charge >= 0.3 is 0 Å². The van der Waals surface area contributed by atoms with Crippen LogP contribution >= 0.6 is 0 Å². The third-order valence-corrected chi connectivity index (χ3v) is 1.84. The second kappa shape index (κ2) is 4.01. The van der Waals surface area contributed by atoms with Gasteiger partial charge in [0.15, 0.2) is 0 Å². The molecule has 0 aliphatic rings. The Hall–Kier alpha value is -1.38. The summed E-state index contributed by atoms with van der Waals surface area (Å²) in [4.78, 5) is 1.92. The van der Waals surface area contributed by atoms with Crippen LogP contribution in [0, 0.1) is 0 Å². The summed E-state index contributed by atoms with van der Waals surface area (Å²) in [6, 6.07) is 5.12. The first-order valence-electron chi connectivity index (χ1n) is 4.99. The summed E-state index contributed by atoms with van der Waals surface area (Å²) in [5.74, 6) is 1.03. The van der Waals surface area contributed by atoms with E-state index in [2.05, 4.69) is 0 Å². The number of hydrogen-bond acceptors (Lipinski definition) is 3. The van der Waals surface area contributed by atoms with Gasteiger partial charge in [-0.3, -0.25) is 0 Å². The van der Waals surface area contributed by atoms with Crippen molar-refractivity contribution in [1.82, 2.24) is 0 Å². The molecule has 0 unspecified atom stereocenters. The van der Waals surface area contributed by atoms with Crippen LogP contribution in [0.5, 0.6) is 11.5 Å². The number of rotatable bonds is 2. The lowest BCUT2D eigenvalue weighted by molar-refractivity contribution is 0.131. The number of hydrogen-bond donors (Lipinski definition) is 1. The number of phenolic OH excluding ortho intramolecular Hbond substituents is 1. The predicted octanol–water partition coefficient (Wildman–Crippen LogP) is 2.64. The molecule has 0 radical (unpaired) electrons. The van der Waals surface area contributed by atoms with E-state index in [9.17, 15) is 5.11 Å². The predicted molar refractivity (Wildman–Crippen MR) is 62.8 cm³/mol. The van der Waals surface area contributed by atoms with Crippen molar-refractivity contribution in [2.75, 3.05) is 19.0 Å². The second-order valence-corrected chi connectivity index (χ2v) is 4.76. The van der Waals surface area contributed by atoms with Gasteiger partial charge in [0.2, 0.25) is 0 Å². The van der Waals surface area contributed by atoms with E-state index >= 15 is 0 Å². The van der Waals surface area contributed by atoms with E-state index in [-0.39, 0.29) is 11.4 Å². The summed E-state index contributed by atoms with van der Waals surface area (Å²) in [5, 5.41) is 9.40. The van der Waals surface area contributed by atoms with Gasteiger partial charge in [-0.2, -0.15) is 0 Å². The molecule has 0 aliphatic carbocycles. The number of nitrogens with zero attached hydrogens (tertiary/aromatic N) is 1. The van der Waals surface area contributed by atoms with Gasteiger partial charge in [0.25, 0.3) is 0 Å². The minimum atomic E-state index is -0.234. The summed E-state index contributed by atoms with van der Waals surface area (Å²) in [5.41, 5.74) is 0.645. The molecule has 15 heavy (non-hydrogen) atoms. The van der Waals surface area contributed by atoms with Crippen molar-refractivity contribution in [2.45, 2.75) is 26.4 Å². The van der Waals surface area contributed by atoms with Crippen molar-refractivity contribution in [3.63, 3.8) is 0 Å². The quantitative estimate of drug-likeness (QED) is 0.812. The molecule has 1 aromatic carbocycles. The van der Waals surface area contributed by atoms with E-state index in [1.54, 1.807) is 18.2 Å². The summed E-state index contributed by atoms with van der Waals surface area (Å²) in [6.07, 6.45) is 0. The van der Waals surface area contributed by atoms with Gasteiger partial charge < -0.3 is 14.7 Å². The highest BCUT2D eigenvalue weighted by Gasteiger charge is 2.15. The molecule has 3 nitrogen and oxygen atoms in total. The maximum Gasteiger partial charge on any atom is 0.143 e. The molecular formula is C12H19NO2. The summed E-state index contributed by atoms with van der Waals surface area (Å²) < 4.78 is 5.80. The first kappa shape index (κ1) is 11.7. The maximum atomic E-state index is 9.40. The Morgan fingerprint density at radius 3 is 2.27 bits per heavy atom. The zero-order chi connectivity index (χ0) is 11.6. The highest BCUT2D eigenvalue weighted by molar-refractivity contribution is 5.60. The van der Waals surface area contributed by atoms with Crippen LogP contribution in [-0.4, -0.2) is 24.8 Å². The van der Waals surface area contributed by atoms with E-state index in [1.165, 1.54) is 0 Å². The summed E-state index contributed by atoms with van der Waals surface area (Å²) >= 11 is 0. The highest BCUT2D eigenvalue weighted by Crippen LogP contribution is 2.32. The molecule has 0 aliphatic heterocycles. The fourth-order valence-corrected chi connectivity index (χ4v) is 1.27. The average molecular weight is 209 g/mol. The van der Waals surface area contributed by atoms with Gasteiger partial charge in [-0.25, -0.2) is 0 Å². The molecule has 0 spiro atoms. The van der Waals surface area contributed by atoms with Crippen molar-refractivity contribution >= 4 is 5.69 Å². The van der Waals surface area contributed by atoms with Gasteiger partial charge in [-0.05, 0) is 32.9 Å². The van der Waals surface area contributed by atoms with Gasteiger partial charge in [-0.1, -0.05) is 0 Å². The van der Waals surface area contributed by atoms with Crippen LogP contribution in [0.3, 0.4) is 0 Å². The van der Waals surface area contributed by atoms with E-state index in [0.29, 0.717) is 0 Å². The second-order valence-electron chi connectivity index (χ2n) is 4.76. The molecule has 1 N–H and O–H groups in total. The molecule has 0 atom stereocenters. The SMILES string of the molecule is CN(C)c1cc(O)ccc1OC(C)(C)C. The van der Waals surface area contributed by atoms with Crippen molar-refractivity contribution in [2.24, 2.45) is 0 Å². The topological polar surface area (TPSA) is 32.7 Å². The zero-order valence-electron chi connectivity index (χ0n) is 10.0. The molecule has 0 bridgehead atoms. The van der Waals surface area contributed by atoms with Crippen molar-refractivity contribution in [3.8, 4) is 11.5 Å². The van der Waals surface area contributed by atoms with Gasteiger partial charge in [0, 0.05) is 20.2 Å². The third kappa shape index (κ3) is 3.35. The molecule has 0 aromatic heterocycles. The monoisotopic (exact) mass is 209 g/mol. The Kier molecular flexibility index (Phi) is 3.12. The lowest BCUT2D eigenvalue weighted by Crippen LogP contribution is -2.24. The largest absolute Gasteiger partial charge is 0.508 e. The van der Waals surface area contributed by atoms with E-state index in [4.69, 9.17) is 4.74 Å². The summed E-state index contributed by atoms with van der Waals surface area (Å²) in [6.45, 7) is 6.00. The molecule has 1 aromatic rings. The molecule has 0 fully saturated rings. The van der Waals surface area contributed by atoms with Crippen molar-refractivity contribution < 1.29 is 9.84 Å². The minimum absolute atomic E-state index is 0.234. The lowest BCUT2D eigenvalue weighted by Gasteiger charge is -2.25. The molecule has 0 saturated carbocycles. The molecular weight excluding hydrogens is 190 g/mol. The maximum absolute atomic E-state index is 9.40.